The van der Waals surface area contributed by atoms with Crippen molar-refractivity contribution >= 4 is 0 Å². The molecule has 4 nitrogen and oxygen atoms in total. The third-order valence-corrected chi connectivity index (χ3v) is 4.68. The van der Waals surface area contributed by atoms with E-state index < -0.39 is 6.10 Å². The molecule has 0 heterocycles. The maximum atomic E-state index is 10.3. The lowest BCUT2D eigenvalue weighted by atomic mass is 10.2. The molecule has 0 aromatic heterocycles. The van der Waals surface area contributed by atoms with Crippen molar-refractivity contribution in [2.45, 2.75) is 25.7 Å². The zero-order valence-corrected chi connectivity index (χ0v) is 17.0. The van der Waals surface area contributed by atoms with Gasteiger partial charge in [-0.05, 0) is 35.9 Å². The van der Waals surface area contributed by atoms with Crippen molar-refractivity contribution in [2.24, 2.45) is 0 Å². The lowest BCUT2D eigenvalue weighted by molar-refractivity contribution is 0.0744. The van der Waals surface area contributed by atoms with E-state index in [0.717, 1.165) is 25.4 Å². The Morgan fingerprint density at radius 2 is 1.34 bits per heavy atom. The first-order chi connectivity index (χ1) is 14.2. The number of aliphatic hydroxyl groups excluding tert-OH is 1. The van der Waals surface area contributed by atoms with E-state index in [4.69, 9.17) is 4.74 Å². The molecule has 152 valence electrons. The highest BCUT2D eigenvalue weighted by Gasteiger charge is 2.10. The normalized spacial score (nSPS) is 12.1. The quantitative estimate of drug-likeness (QED) is 0.522. The molecule has 0 saturated heterocycles. The predicted octanol–water partition coefficient (Wildman–Crippen LogP) is 3.85. The van der Waals surface area contributed by atoms with Gasteiger partial charge in [0.25, 0.3) is 0 Å². The van der Waals surface area contributed by atoms with Crippen LogP contribution in [0.25, 0.3) is 0 Å². The van der Waals surface area contributed by atoms with Gasteiger partial charge in [0.05, 0.1) is 0 Å². The molecule has 3 rings (SSSR count). The van der Waals surface area contributed by atoms with Crippen molar-refractivity contribution in [3.05, 3.63) is 102 Å². The van der Waals surface area contributed by atoms with E-state index >= 15 is 0 Å². The van der Waals surface area contributed by atoms with Crippen LogP contribution in [-0.4, -0.2) is 36.3 Å². The van der Waals surface area contributed by atoms with Gasteiger partial charge < -0.3 is 15.2 Å². The highest BCUT2D eigenvalue weighted by Crippen LogP contribution is 2.13. The van der Waals surface area contributed by atoms with Crippen LogP contribution in [0.4, 0.5) is 0 Å². The summed E-state index contributed by atoms with van der Waals surface area (Å²) in [5.41, 5.74) is 3.72. The van der Waals surface area contributed by atoms with Gasteiger partial charge in [-0.3, -0.25) is 4.90 Å². The molecule has 4 heteroatoms. The van der Waals surface area contributed by atoms with Gasteiger partial charge in [0.2, 0.25) is 0 Å². The third kappa shape index (κ3) is 7.70. The minimum absolute atomic E-state index is 0.282. The predicted molar refractivity (Wildman–Crippen MR) is 118 cm³/mol. The molecule has 3 aromatic rings. The minimum atomic E-state index is -0.532. The fourth-order valence-electron chi connectivity index (χ4n) is 3.22. The van der Waals surface area contributed by atoms with Gasteiger partial charge in [-0.1, -0.05) is 72.8 Å². The van der Waals surface area contributed by atoms with Crippen molar-refractivity contribution in [1.29, 1.82) is 0 Å². The molecule has 0 aliphatic carbocycles. The molecule has 0 spiro atoms. The number of likely N-dealkylation sites (N-methyl/N-ethyl adjacent to an activating group) is 1. The fraction of sp³-hybridized carbons (Fsp3) is 0.280. The SMILES string of the molecule is CN(Cc1ccccc1)C[C@H](O)COc1ccc(CNCc2ccccc2)cc1. The van der Waals surface area contributed by atoms with Crippen LogP contribution in [-0.2, 0) is 19.6 Å². The maximum absolute atomic E-state index is 10.3. The number of hydrogen-bond donors (Lipinski definition) is 2. The van der Waals surface area contributed by atoms with Crippen LogP contribution in [0.3, 0.4) is 0 Å². The van der Waals surface area contributed by atoms with Crippen LogP contribution in [0.15, 0.2) is 84.9 Å². The topological polar surface area (TPSA) is 44.7 Å². The van der Waals surface area contributed by atoms with E-state index in [9.17, 15) is 5.11 Å². The van der Waals surface area contributed by atoms with E-state index in [1.54, 1.807) is 0 Å². The molecule has 0 aliphatic rings. The number of benzene rings is 3. The largest absolute Gasteiger partial charge is 0.491 e. The van der Waals surface area contributed by atoms with Crippen LogP contribution < -0.4 is 10.1 Å². The van der Waals surface area contributed by atoms with Gasteiger partial charge in [-0.2, -0.15) is 0 Å². The molecule has 29 heavy (non-hydrogen) atoms. The zero-order chi connectivity index (χ0) is 20.3. The average Bonchev–Trinajstić information content (AvgIpc) is 2.74. The number of rotatable bonds is 11. The lowest BCUT2D eigenvalue weighted by Crippen LogP contribution is -2.32. The Morgan fingerprint density at radius 1 is 0.793 bits per heavy atom. The second-order valence-electron chi connectivity index (χ2n) is 7.38. The second-order valence-corrected chi connectivity index (χ2v) is 7.38. The summed E-state index contributed by atoms with van der Waals surface area (Å²) < 4.78 is 5.75. The standard InChI is InChI=1S/C25H30N2O2/c1-27(18-23-10-6-3-7-11-23)19-24(28)20-29-25-14-12-22(13-15-25)17-26-16-21-8-4-2-5-9-21/h2-15,24,26,28H,16-20H2,1H3/t24-/m0/s1. The Hall–Kier alpha value is -2.66. The first-order valence-electron chi connectivity index (χ1n) is 10.1. The van der Waals surface area contributed by atoms with Gasteiger partial charge in [-0.25, -0.2) is 0 Å². The molecule has 1 atom stereocenters. The fourth-order valence-corrected chi connectivity index (χ4v) is 3.22. The minimum Gasteiger partial charge on any atom is -0.491 e. The van der Waals surface area contributed by atoms with Gasteiger partial charge in [0.15, 0.2) is 0 Å². The molecule has 0 fully saturated rings. The monoisotopic (exact) mass is 390 g/mol. The number of nitrogens with one attached hydrogen (secondary N) is 1. The molecule has 0 amide bonds. The second kappa shape index (κ2) is 11.4. The van der Waals surface area contributed by atoms with E-state index in [-0.39, 0.29) is 6.61 Å². The van der Waals surface area contributed by atoms with E-state index in [1.165, 1.54) is 16.7 Å². The van der Waals surface area contributed by atoms with E-state index in [2.05, 4.69) is 58.7 Å². The molecule has 3 aromatic carbocycles. The summed E-state index contributed by atoms with van der Waals surface area (Å²) in [4.78, 5) is 2.10. The highest BCUT2D eigenvalue weighted by atomic mass is 16.5. The first-order valence-corrected chi connectivity index (χ1v) is 10.1. The number of ether oxygens (including phenoxy) is 1. The molecule has 0 radical (unpaired) electrons. The van der Waals surface area contributed by atoms with Crippen molar-refractivity contribution in [3.63, 3.8) is 0 Å². The summed E-state index contributed by atoms with van der Waals surface area (Å²) in [5.74, 6) is 0.779. The molecular formula is C25H30N2O2. The summed E-state index contributed by atoms with van der Waals surface area (Å²) in [6, 6.07) is 28.7. The number of hydrogen-bond acceptors (Lipinski definition) is 4. The first kappa shape index (κ1) is 21.1. The molecular weight excluding hydrogens is 360 g/mol. The Balaban J connectivity index is 1.35. The summed E-state index contributed by atoms with van der Waals surface area (Å²) in [5, 5.41) is 13.7. The molecule has 0 unspecified atom stereocenters. The van der Waals surface area contributed by atoms with Crippen LogP contribution in [0.1, 0.15) is 16.7 Å². The van der Waals surface area contributed by atoms with Crippen LogP contribution >= 0.6 is 0 Å². The molecule has 0 aliphatic heterocycles. The van der Waals surface area contributed by atoms with E-state index in [0.29, 0.717) is 6.54 Å². The van der Waals surface area contributed by atoms with Crippen LogP contribution in [0.5, 0.6) is 5.75 Å². The van der Waals surface area contributed by atoms with Gasteiger partial charge in [-0.15, -0.1) is 0 Å². The van der Waals surface area contributed by atoms with Gasteiger partial charge in [0, 0.05) is 26.2 Å². The Bertz CT molecular complexity index is 822. The molecule has 2 N–H and O–H groups in total. The summed E-state index contributed by atoms with van der Waals surface area (Å²) in [6.45, 7) is 3.31. The summed E-state index contributed by atoms with van der Waals surface area (Å²) in [7, 11) is 2.01. The van der Waals surface area contributed by atoms with Crippen molar-refractivity contribution in [3.8, 4) is 5.75 Å². The Kier molecular flexibility index (Phi) is 8.25. The van der Waals surface area contributed by atoms with E-state index in [1.807, 2.05) is 43.4 Å². The number of nitrogens with zero attached hydrogens (tertiary/aromatic N) is 1. The van der Waals surface area contributed by atoms with Gasteiger partial charge >= 0.3 is 0 Å². The lowest BCUT2D eigenvalue weighted by Gasteiger charge is -2.21. The molecule has 0 saturated carbocycles. The van der Waals surface area contributed by atoms with Crippen molar-refractivity contribution < 1.29 is 9.84 Å². The maximum Gasteiger partial charge on any atom is 0.119 e. The molecule has 0 bridgehead atoms. The van der Waals surface area contributed by atoms with Crippen LogP contribution in [0, 0.1) is 0 Å². The smallest absolute Gasteiger partial charge is 0.119 e. The Labute approximate surface area is 173 Å². The zero-order valence-electron chi connectivity index (χ0n) is 17.0. The Morgan fingerprint density at radius 3 is 1.97 bits per heavy atom. The number of aliphatic hydroxyl groups is 1. The highest BCUT2D eigenvalue weighted by molar-refractivity contribution is 5.27. The summed E-state index contributed by atoms with van der Waals surface area (Å²) >= 11 is 0. The average molecular weight is 391 g/mol. The summed E-state index contributed by atoms with van der Waals surface area (Å²) in [6.07, 6.45) is -0.532. The van der Waals surface area contributed by atoms with Gasteiger partial charge in [0.1, 0.15) is 18.5 Å². The van der Waals surface area contributed by atoms with Crippen molar-refractivity contribution in [2.75, 3.05) is 20.2 Å². The third-order valence-electron chi connectivity index (χ3n) is 4.68. The van der Waals surface area contributed by atoms with Crippen molar-refractivity contribution in [1.82, 2.24) is 10.2 Å². The van der Waals surface area contributed by atoms with Crippen LogP contribution in [0.2, 0.25) is 0 Å².